The molecule has 0 spiro atoms. The zero-order valence-electron chi connectivity index (χ0n) is 18.6. The SMILES string of the molecule is Cc1ccc(C(=O)NC2CCN(C(=O)COc3ccc(Cl)cc3C3CCCCC3)CC2)o1. The van der Waals surface area contributed by atoms with Gasteiger partial charge in [-0.3, -0.25) is 9.59 Å². The third-order valence-corrected chi connectivity index (χ3v) is 6.75. The fourth-order valence-corrected chi connectivity index (χ4v) is 4.88. The number of hydrogen-bond donors (Lipinski definition) is 1. The van der Waals surface area contributed by atoms with Crippen molar-refractivity contribution in [1.29, 1.82) is 0 Å². The Kier molecular flexibility index (Phi) is 7.40. The summed E-state index contributed by atoms with van der Waals surface area (Å²) in [4.78, 5) is 26.8. The average molecular weight is 459 g/mol. The summed E-state index contributed by atoms with van der Waals surface area (Å²) in [6, 6.07) is 9.19. The third-order valence-electron chi connectivity index (χ3n) is 6.52. The molecule has 1 aromatic heterocycles. The molecule has 7 heteroatoms. The molecule has 2 fully saturated rings. The first kappa shape index (κ1) is 22.7. The van der Waals surface area contributed by atoms with Gasteiger partial charge in [0.25, 0.3) is 11.8 Å². The smallest absolute Gasteiger partial charge is 0.287 e. The average Bonchev–Trinajstić information content (AvgIpc) is 3.25. The van der Waals surface area contributed by atoms with Crippen molar-refractivity contribution in [3.8, 4) is 5.75 Å². The Labute approximate surface area is 194 Å². The van der Waals surface area contributed by atoms with E-state index in [1.807, 2.05) is 30.0 Å². The molecule has 2 aromatic rings. The van der Waals surface area contributed by atoms with Gasteiger partial charge in [0.15, 0.2) is 12.4 Å². The van der Waals surface area contributed by atoms with E-state index < -0.39 is 0 Å². The second-order valence-corrected chi connectivity index (χ2v) is 9.28. The van der Waals surface area contributed by atoms with E-state index in [9.17, 15) is 9.59 Å². The van der Waals surface area contributed by atoms with Crippen molar-refractivity contribution in [2.75, 3.05) is 19.7 Å². The summed E-state index contributed by atoms with van der Waals surface area (Å²) in [6.45, 7) is 3.02. The predicted molar refractivity (Wildman–Crippen MR) is 123 cm³/mol. The molecule has 1 aliphatic carbocycles. The predicted octanol–water partition coefficient (Wildman–Crippen LogP) is 5.09. The third kappa shape index (κ3) is 5.66. The molecule has 1 aromatic carbocycles. The van der Waals surface area contributed by atoms with Crippen molar-refractivity contribution in [2.24, 2.45) is 0 Å². The van der Waals surface area contributed by atoms with Crippen LogP contribution in [0.4, 0.5) is 0 Å². The molecule has 0 bridgehead atoms. The minimum Gasteiger partial charge on any atom is -0.483 e. The molecule has 32 heavy (non-hydrogen) atoms. The van der Waals surface area contributed by atoms with Crippen LogP contribution in [0.1, 0.15) is 72.7 Å². The quantitative estimate of drug-likeness (QED) is 0.654. The lowest BCUT2D eigenvalue weighted by Crippen LogP contribution is -2.47. The van der Waals surface area contributed by atoms with Gasteiger partial charge in [0.1, 0.15) is 11.5 Å². The number of amides is 2. The molecule has 0 unspecified atom stereocenters. The highest BCUT2D eigenvalue weighted by atomic mass is 35.5. The summed E-state index contributed by atoms with van der Waals surface area (Å²) in [5.74, 6) is 2.02. The molecule has 0 radical (unpaired) electrons. The second kappa shape index (κ2) is 10.4. The first-order valence-electron chi connectivity index (χ1n) is 11.6. The van der Waals surface area contributed by atoms with E-state index in [1.54, 1.807) is 12.1 Å². The van der Waals surface area contributed by atoms with Gasteiger partial charge in [-0.2, -0.15) is 0 Å². The van der Waals surface area contributed by atoms with E-state index in [1.165, 1.54) is 19.3 Å². The summed E-state index contributed by atoms with van der Waals surface area (Å²) in [6.07, 6.45) is 7.43. The number of hydrogen-bond acceptors (Lipinski definition) is 4. The van der Waals surface area contributed by atoms with Crippen molar-refractivity contribution in [2.45, 2.75) is 63.8 Å². The van der Waals surface area contributed by atoms with Gasteiger partial charge < -0.3 is 19.4 Å². The van der Waals surface area contributed by atoms with Crippen LogP contribution in [-0.2, 0) is 4.79 Å². The van der Waals surface area contributed by atoms with Gasteiger partial charge in [-0.15, -0.1) is 0 Å². The molecule has 1 saturated carbocycles. The number of nitrogens with zero attached hydrogens (tertiary/aromatic N) is 1. The van der Waals surface area contributed by atoms with E-state index in [2.05, 4.69) is 5.32 Å². The lowest BCUT2D eigenvalue weighted by molar-refractivity contribution is -0.134. The molecule has 2 amide bonds. The highest BCUT2D eigenvalue weighted by molar-refractivity contribution is 6.30. The summed E-state index contributed by atoms with van der Waals surface area (Å²) in [5, 5.41) is 3.71. The monoisotopic (exact) mass is 458 g/mol. The van der Waals surface area contributed by atoms with Gasteiger partial charge >= 0.3 is 0 Å². The fourth-order valence-electron chi connectivity index (χ4n) is 4.70. The van der Waals surface area contributed by atoms with Crippen molar-refractivity contribution < 1.29 is 18.7 Å². The van der Waals surface area contributed by atoms with Crippen LogP contribution < -0.4 is 10.1 Å². The highest BCUT2D eigenvalue weighted by Crippen LogP contribution is 2.38. The second-order valence-electron chi connectivity index (χ2n) is 8.84. The van der Waals surface area contributed by atoms with Gasteiger partial charge in [-0.1, -0.05) is 30.9 Å². The Balaban J connectivity index is 1.27. The van der Waals surface area contributed by atoms with E-state index in [-0.39, 0.29) is 24.5 Å². The Hall–Kier alpha value is -2.47. The van der Waals surface area contributed by atoms with Crippen molar-refractivity contribution >= 4 is 23.4 Å². The normalized spacial score (nSPS) is 17.9. The van der Waals surface area contributed by atoms with E-state index in [0.717, 1.165) is 24.2 Å². The van der Waals surface area contributed by atoms with E-state index >= 15 is 0 Å². The molecule has 0 atom stereocenters. The summed E-state index contributed by atoms with van der Waals surface area (Å²) in [5.41, 5.74) is 1.12. The Morgan fingerprint density at radius 3 is 2.53 bits per heavy atom. The molecular weight excluding hydrogens is 428 g/mol. The molecular formula is C25H31ClN2O4. The van der Waals surface area contributed by atoms with Crippen molar-refractivity contribution in [1.82, 2.24) is 10.2 Å². The maximum atomic E-state index is 12.8. The molecule has 6 nitrogen and oxygen atoms in total. The molecule has 2 aliphatic rings. The number of halogens is 1. The maximum absolute atomic E-state index is 12.8. The topological polar surface area (TPSA) is 71.8 Å². The number of benzene rings is 1. The number of nitrogens with one attached hydrogen (secondary N) is 1. The summed E-state index contributed by atoms with van der Waals surface area (Å²) < 4.78 is 11.4. The highest BCUT2D eigenvalue weighted by Gasteiger charge is 2.26. The number of rotatable bonds is 6. The number of carbonyl (C=O) groups excluding carboxylic acids is 2. The van der Waals surface area contributed by atoms with Crippen LogP contribution in [0.15, 0.2) is 34.7 Å². The number of piperidine rings is 1. The fraction of sp³-hybridized carbons (Fsp3) is 0.520. The molecule has 172 valence electrons. The van der Waals surface area contributed by atoms with Crippen LogP contribution in [0.25, 0.3) is 0 Å². The van der Waals surface area contributed by atoms with Gasteiger partial charge in [0, 0.05) is 24.2 Å². The van der Waals surface area contributed by atoms with Gasteiger partial charge in [0.05, 0.1) is 0 Å². The van der Waals surface area contributed by atoms with E-state index in [0.29, 0.717) is 48.4 Å². The van der Waals surface area contributed by atoms with Gasteiger partial charge in [0.2, 0.25) is 0 Å². The van der Waals surface area contributed by atoms with Crippen LogP contribution >= 0.6 is 11.6 Å². The number of aryl methyl sites for hydroxylation is 1. The zero-order chi connectivity index (χ0) is 22.5. The zero-order valence-corrected chi connectivity index (χ0v) is 19.3. The largest absolute Gasteiger partial charge is 0.483 e. The number of ether oxygens (including phenoxy) is 1. The lowest BCUT2D eigenvalue weighted by atomic mass is 9.84. The van der Waals surface area contributed by atoms with Crippen molar-refractivity contribution in [3.05, 3.63) is 52.4 Å². The summed E-state index contributed by atoms with van der Waals surface area (Å²) >= 11 is 6.24. The standard InChI is InChI=1S/C25H31ClN2O4/c1-17-7-9-23(32-17)25(30)27-20-11-13-28(14-12-20)24(29)16-31-22-10-8-19(26)15-21(22)18-5-3-2-4-6-18/h7-10,15,18,20H,2-6,11-14,16H2,1H3,(H,27,30). The lowest BCUT2D eigenvalue weighted by Gasteiger charge is -2.32. The Morgan fingerprint density at radius 1 is 1.09 bits per heavy atom. The minimum atomic E-state index is -0.204. The Bertz CT molecular complexity index is 943. The molecule has 1 N–H and O–H groups in total. The number of likely N-dealkylation sites (tertiary alicyclic amines) is 1. The molecule has 1 aliphatic heterocycles. The van der Waals surface area contributed by atoms with E-state index in [4.69, 9.17) is 20.8 Å². The van der Waals surface area contributed by atoms with Gasteiger partial charge in [-0.25, -0.2) is 0 Å². The van der Waals surface area contributed by atoms with Gasteiger partial charge in [-0.05, 0) is 74.4 Å². The first-order valence-corrected chi connectivity index (χ1v) is 11.9. The minimum absolute atomic E-state index is 0.0179. The van der Waals surface area contributed by atoms with Crippen LogP contribution in [0.5, 0.6) is 5.75 Å². The molecule has 1 saturated heterocycles. The van der Waals surface area contributed by atoms with Crippen LogP contribution in [0.3, 0.4) is 0 Å². The Morgan fingerprint density at radius 2 is 1.84 bits per heavy atom. The van der Waals surface area contributed by atoms with Crippen LogP contribution in [-0.4, -0.2) is 42.5 Å². The molecule has 4 rings (SSSR count). The first-order chi connectivity index (χ1) is 15.5. The summed E-state index contributed by atoms with van der Waals surface area (Å²) in [7, 11) is 0. The van der Waals surface area contributed by atoms with Crippen molar-refractivity contribution in [3.63, 3.8) is 0 Å². The molecule has 2 heterocycles. The number of carbonyl (C=O) groups is 2. The maximum Gasteiger partial charge on any atom is 0.287 e. The van der Waals surface area contributed by atoms with Crippen LogP contribution in [0.2, 0.25) is 5.02 Å². The van der Waals surface area contributed by atoms with Crippen LogP contribution in [0, 0.1) is 6.92 Å². The number of furan rings is 1.